The molecular weight excluding hydrogens is 243 g/mol. The minimum absolute atomic E-state index is 0.0298. The first kappa shape index (κ1) is 14.8. The van der Waals surface area contributed by atoms with Crippen LogP contribution in [-0.4, -0.2) is 12.8 Å². The van der Waals surface area contributed by atoms with Crippen LogP contribution in [0.4, 0.5) is 13.2 Å². The van der Waals surface area contributed by atoms with Gasteiger partial charge in [0.15, 0.2) is 0 Å². The zero-order valence-corrected chi connectivity index (χ0v) is 10.6. The highest BCUT2D eigenvalue weighted by atomic mass is 19.4. The van der Waals surface area contributed by atoms with Gasteiger partial charge in [-0.2, -0.15) is 13.2 Å². The minimum atomic E-state index is -4.11. The lowest BCUT2D eigenvalue weighted by Gasteiger charge is -2.12. The number of alkyl halides is 3. The van der Waals surface area contributed by atoms with Crippen LogP contribution in [0.2, 0.25) is 0 Å². The fourth-order valence-electron chi connectivity index (χ4n) is 1.57. The Morgan fingerprint density at radius 2 is 2.00 bits per heavy atom. The second-order valence-electron chi connectivity index (χ2n) is 4.38. The van der Waals surface area contributed by atoms with Gasteiger partial charge in [0.1, 0.15) is 5.75 Å². The summed E-state index contributed by atoms with van der Waals surface area (Å²) in [6.07, 6.45) is -4.96. The van der Waals surface area contributed by atoms with Crippen molar-refractivity contribution in [2.45, 2.75) is 38.9 Å². The number of nitrogens with two attached hydrogens (primary N) is 1. The van der Waals surface area contributed by atoms with Crippen molar-refractivity contribution < 1.29 is 17.9 Å². The van der Waals surface area contributed by atoms with Crippen molar-refractivity contribution in [2.24, 2.45) is 5.73 Å². The van der Waals surface area contributed by atoms with E-state index in [1.54, 1.807) is 6.07 Å². The van der Waals surface area contributed by atoms with E-state index in [0.717, 1.165) is 11.1 Å². The van der Waals surface area contributed by atoms with Gasteiger partial charge >= 0.3 is 6.18 Å². The van der Waals surface area contributed by atoms with E-state index < -0.39 is 12.6 Å². The lowest BCUT2D eigenvalue weighted by molar-refractivity contribution is -0.136. The maximum atomic E-state index is 11.9. The summed E-state index contributed by atoms with van der Waals surface area (Å²) in [4.78, 5) is 0. The van der Waals surface area contributed by atoms with Crippen molar-refractivity contribution in [2.75, 3.05) is 6.61 Å². The summed E-state index contributed by atoms with van der Waals surface area (Å²) >= 11 is 0. The monoisotopic (exact) mass is 261 g/mol. The molecule has 2 N–H and O–H groups in total. The molecule has 2 nitrogen and oxygen atoms in total. The third kappa shape index (κ3) is 4.96. The van der Waals surface area contributed by atoms with Crippen molar-refractivity contribution in [1.29, 1.82) is 0 Å². The van der Waals surface area contributed by atoms with Crippen molar-refractivity contribution in [3.8, 4) is 5.75 Å². The first-order chi connectivity index (χ1) is 8.29. The fourth-order valence-corrected chi connectivity index (χ4v) is 1.57. The van der Waals surface area contributed by atoms with Gasteiger partial charge in [-0.3, -0.25) is 0 Å². The van der Waals surface area contributed by atoms with E-state index in [1.165, 1.54) is 0 Å². The molecule has 1 atom stereocenters. The van der Waals surface area contributed by atoms with E-state index in [2.05, 4.69) is 0 Å². The van der Waals surface area contributed by atoms with Gasteiger partial charge in [0.25, 0.3) is 0 Å². The maximum absolute atomic E-state index is 11.9. The Morgan fingerprint density at radius 3 is 2.50 bits per heavy atom. The molecular formula is C13H18F3NO. The number of hydrogen-bond donors (Lipinski definition) is 1. The van der Waals surface area contributed by atoms with Crippen LogP contribution < -0.4 is 10.5 Å². The molecule has 0 heterocycles. The highest BCUT2D eigenvalue weighted by Crippen LogP contribution is 2.24. The first-order valence-corrected chi connectivity index (χ1v) is 5.85. The Kier molecular flexibility index (Phi) is 5.02. The number of ether oxygens (including phenoxy) is 1. The minimum Gasteiger partial charge on any atom is -0.493 e. The van der Waals surface area contributed by atoms with Crippen LogP contribution in [-0.2, 0) is 0 Å². The molecule has 0 aliphatic rings. The van der Waals surface area contributed by atoms with Gasteiger partial charge in [0, 0.05) is 12.5 Å². The van der Waals surface area contributed by atoms with E-state index in [-0.39, 0.29) is 19.1 Å². The molecule has 102 valence electrons. The van der Waals surface area contributed by atoms with Crippen LogP contribution in [0.15, 0.2) is 18.2 Å². The lowest BCUT2D eigenvalue weighted by Crippen LogP contribution is -2.10. The smallest absolute Gasteiger partial charge is 0.389 e. The van der Waals surface area contributed by atoms with E-state index in [4.69, 9.17) is 10.5 Å². The molecule has 0 aliphatic carbocycles. The van der Waals surface area contributed by atoms with Crippen LogP contribution >= 0.6 is 0 Å². The predicted octanol–water partition coefficient (Wildman–Crippen LogP) is 3.74. The quantitative estimate of drug-likeness (QED) is 0.819. The molecule has 0 radical (unpaired) electrons. The maximum Gasteiger partial charge on any atom is 0.389 e. The van der Waals surface area contributed by atoms with Gasteiger partial charge in [-0.25, -0.2) is 0 Å². The number of hydrogen-bond acceptors (Lipinski definition) is 2. The Balaban J connectivity index is 2.48. The molecule has 0 spiro atoms. The fraction of sp³-hybridized carbons (Fsp3) is 0.538. The summed E-state index contributed by atoms with van der Waals surface area (Å²) in [7, 11) is 0. The zero-order valence-electron chi connectivity index (χ0n) is 10.6. The average Bonchev–Trinajstić information content (AvgIpc) is 2.24. The Hall–Kier alpha value is -1.23. The third-order valence-electron chi connectivity index (χ3n) is 2.59. The summed E-state index contributed by atoms with van der Waals surface area (Å²) in [5.74, 6) is 0.613. The average molecular weight is 261 g/mol. The van der Waals surface area contributed by atoms with Crippen molar-refractivity contribution >= 4 is 0 Å². The zero-order chi connectivity index (χ0) is 13.8. The summed E-state index contributed by atoms with van der Waals surface area (Å²) in [6, 6.07) is 5.41. The summed E-state index contributed by atoms with van der Waals surface area (Å²) in [5.41, 5.74) is 7.60. The molecule has 0 saturated heterocycles. The van der Waals surface area contributed by atoms with Crippen molar-refractivity contribution in [3.05, 3.63) is 29.3 Å². The summed E-state index contributed by atoms with van der Waals surface area (Å²) in [6.45, 7) is 3.79. The lowest BCUT2D eigenvalue weighted by atomic mass is 10.1. The second-order valence-corrected chi connectivity index (χ2v) is 4.38. The molecule has 1 aromatic rings. The van der Waals surface area contributed by atoms with Crippen LogP contribution in [0.5, 0.6) is 5.75 Å². The Morgan fingerprint density at radius 1 is 1.33 bits per heavy atom. The van der Waals surface area contributed by atoms with Gasteiger partial charge in [0.05, 0.1) is 6.61 Å². The molecule has 0 aromatic heterocycles. The van der Waals surface area contributed by atoms with Crippen LogP contribution in [0, 0.1) is 6.92 Å². The molecule has 18 heavy (non-hydrogen) atoms. The van der Waals surface area contributed by atoms with E-state index in [1.807, 2.05) is 26.0 Å². The molecule has 0 bridgehead atoms. The summed E-state index contributed by atoms with van der Waals surface area (Å²) < 4.78 is 41.1. The molecule has 0 saturated carbocycles. The van der Waals surface area contributed by atoms with Crippen molar-refractivity contribution in [1.82, 2.24) is 0 Å². The molecule has 5 heteroatoms. The number of halogens is 3. The summed E-state index contributed by atoms with van der Waals surface area (Å²) in [5, 5.41) is 0. The number of benzene rings is 1. The van der Waals surface area contributed by atoms with Crippen molar-refractivity contribution in [3.63, 3.8) is 0 Å². The molecule has 0 aliphatic heterocycles. The van der Waals surface area contributed by atoms with Crippen LogP contribution in [0.3, 0.4) is 0 Å². The second kappa shape index (κ2) is 6.09. The Labute approximate surface area is 105 Å². The highest BCUT2D eigenvalue weighted by Gasteiger charge is 2.26. The molecule has 1 unspecified atom stereocenters. The molecule has 0 amide bonds. The van der Waals surface area contributed by atoms with E-state index >= 15 is 0 Å². The van der Waals surface area contributed by atoms with Gasteiger partial charge in [-0.05, 0) is 37.5 Å². The first-order valence-electron chi connectivity index (χ1n) is 5.85. The van der Waals surface area contributed by atoms with Gasteiger partial charge in [-0.1, -0.05) is 12.1 Å². The van der Waals surface area contributed by atoms with Crippen LogP contribution in [0.25, 0.3) is 0 Å². The molecule has 0 fully saturated rings. The van der Waals surface area contributed by atoms with Crippen LogP contribution in [0.1, 0.15) is 36.9 Å². The predicted molar refractivity (Wildman–Crippen MR) is 64.6 cm³/mol. The topological polar surface area (TPSA) is 35.2 Å². The third-order valence-corrected chi connectivity index (χ3v) is 2.59. The van der Waals surface area contributed by atoms with Gasteiger partial charge < -0.3 is 10.5 Å². The number of aryl methyl sites for hydroxylation is 1. The Bertz CT molecular complexity index is 388. The highest BCUT2D eigenvalue weighted by molar-refractivity contribution is 5.37. The normalized spacial score (nSPS) is 13.4. The number of rotatable bonds is 5. The van der Waals surface area contributed by atoms with E-state index in [9.17, 15) is 13.2 Å². The van der Waals surface area contributed by atoms with E-state index in [0.29, 0.717) is 5.75 Å². The van der Waals surface area contributed by atoms with Gasteiger partial charge in [0.2, 0.25) is 0 Å². The standard InChI is InChI=1S/C13H18F3NO/c1-9-8-11(10(2)17)4-5-12(9)18-7-3-6-13(14,15)16/h4-5,8,10H,3,6-7,17H2,1-2H3. The molecule has 1 aromatic carbocycles. The van der Waals surface area contributed by atoms with Gasteiger partial charge in [-0.15, -0.1) is 0 Å². The largest absolute Gasteiger partial charge is 0.493 e. The molecule has 1 rings (SSSR count). The SMILES string of the molecule is Cc1cc(C(C)N)ccc1OCCCC(F)(F)F.